The normalized spacial score (nSPS) is 12.9. The fraction of sp³-hybridized carbons (Fsp3) is 0.178. The van der Waals surface area contributed by atoms with E-state index in [1.165, 1.54) is 50.6 Å². The summed E-state index contributed by atoms with van der Waals surface area (Å²) in [6, 6.07) is 9.99. The average molecular weight is 1390 g/mol. The third-order valence-corrected chi connectivity index (χ3v) is 14.9. The molecule has 0 saturated heterocycles. The fourth-order valence-electron chi connectivity index (χ4n) is 6.71. The summed E-state index contributed by atoms with van der Waals surface area (Å²) < 4.78 is 224. The fourth-order valence-corrected chi connectivity index (χ4v) is 10.9. The molecule has 0 aliphatic carbocycles. The predicted octanol–water partition coefficient (Wildman–Crippen LogP) is 15.1. The summed E-state index contributed by atoms with van der Waals surface area (Å²) in [5.74, 6) is -2.34. The molecule has 0 spiro atoms. The Bertz CT molecular complexity index is 3770. The van der Waals surface area contributed by atoms with Crippen LogP contribution in [0.3, 0.4) is 0 Å². The van der Waals surface area contributed by atoms with E-state index in [2.05, 4.69) is 20.3 Å². The second kappa shape index (κ2) is 26.3. The van der Waals surface area contributed by atoms with E-state index < -0.39 is 150 Å². The number of hydrogen-bond acceptors (Lipinski definition) is 14. The molecule has 2 atom stereocenters. The van der Waals surface area contributed by atoms with Crippen LogP contribution >= 0.6 is 81.4 Å². The number of nitrogens with zero attached hydrogens (tertiary/aromatic N) is 9. The molecule has 0 aliphatic heterocycles. The minimum absolute atomic E-state index is 0.0328. The number of carbonyl (C=O) groups is 1. The van der Waals surface area contributed by atoms with Crippen LogP contribution in [0.15, 0.2) is 74.3 Å². The number of aromatic hydroxyl groups is 1. The van der Waals surface area contributed by atoms with E-state index in [1.54, 1.807) is 0 Å². The van der Waals surface area contributed by atoms with Gasteiger partial charge >= 0.3 is 29.5 Å². The molecule has 3 heterocycles. The second-order valence-electron chi connectivity index (χ2n) is 15.9. The monoisotopic (exact) mass is 1390 g/mol. The topological polar surface area (TPSA) is 258 Å². The van der Waals surface area contributed by atoms with Gasteiger partial charge in [-0.25, -0.2) is 19.0 Å². The summed E-state index contributed by atoms with van der Waals surface area (Å²) in [4.78, 5) is 13.7. The second-order valence-corrected chi connectivity index (χ2v) is 22.2. The molecule has 0 bridgehead atoms. The first-order chi connectivity index (χ1) is 39.0. The Hall–Kier alpha value is -6.31. The standard InChI is InChI=1S/C20H10Cl2F6N4O2S.C13H10Cl2F3N3O2S.C12H4Cl2F6N4OS/c1-34-15-4-9(2-3-14(15)33)8-30-18-17(35-20(26,27)28)13(7-29)31-32(18)16-11(21)5-10(6-12(16)22)19(23,24)25;1-5(22)9-11(24(2)23)12(19)21(20-9)10-7(14)3-6(4-8(10)15)13(16,17)18;13-5-1-4(11(15,16)17)2-6(14)8(5)24-10(22)9(7(3-21)23-24)26(25)12(18,19)20/h2-6,8,33H,1H3;3-4H,19H2,1-2H3;1-2H,22H2/b30-8+;;. The zero-order chi connectivity index (χ0) is 64.5. The predicted molar refractivity (Wildman–Crippen MR) is 283 cm³/mol. The van der Waals surface area contributed by atoms with Crippen molar-refractivity contribution in [3.05, 3.63) is 124 Å². The van der Waals surface area contributed by atoms with E-state index in [1.807, 2.05) is 0 Å². The number of Topliss-reactive ketones (excluding diaryl/α,β-unsaturated/α-hetero) is 1. The third-order valence-electron chi connectivity index (χ3n) is 10.2. The number of aliphatic imine (C=N–C) groups is 1. The quantitative estimate of drug-likeness (QED) is 0.0379. The largest absolute Gasteiger partial charge is 0.611 e. The van der Waals surface area contributed by atoms with Gasteiger partial charge in [0, 0.05) is 13.1 Å². The number of nitrogens with two attached hydrogens (primary N) is 2. The lowest BCUT2D eigenvalue weighted by Crippen LogP contribution is -2.24. The highest BCUT2D eigenvalue weighted by Gasteiger charge is 2.50. The van der Waals surface area contributed by atoms with Gasteiger partial charge < -0.3 is 30.4 Å². The van der Waals surface area contributed by atoms with E-state index in [4.69, 9.17) is 91.1 Å². The minimum atomic E-state index is -5.25. The molecule has 7 rings (SSSR count). The van der Waals surface area contributed by atoms with E-state index >= 15 is 0 Å². The molecule has 454 valence electrons. The van der Waals surface area contributed by atoms with Gasteiger partial charge in [0.05, 0.1) is 58.8 Å². The SMILES string of the molecule is CC(=O)c1nn(-c2c(Cl)cc(C(F)(F)F)cc2Cl)c(N)c1[S+](C)[O-].COc1cc(/C=N/c2c(SC(F)(F)F)c(C#N)nn2-c2c(Cl)cc(C(F)(F)F)cc2Cl)ccc1O.N#Cc1nn(-c2c(Cl)cc(C(F)(F)F)cc2Cl)c(N)c1[S+]([O-])C(F)(F)F. The molecule has 2 unspecified atom stereocenters. The maximum Gasteiger partial charge on any atom is 0.578 e. The maximum absolute atomic E-state index is 13.2. The van der Waals surface area contributed by atoms with Gasteiger partial charge in [-0.05, 0) is 83.1 Å². The van der Waals surface area contributed by atoms with Crippen molar-refractivity contribution in [3.63, 3.8) is 0 Å². The number of carbonyl (C=O) groups excluding carboxylic acids is 1. The molecule has 3 aromatic heterocycles. The van der Waals surface area contributed by atoms with E-state index in [0.29, 0.717) is 45.8 Å². The third kappa shape index (κ3) is 16.0. The van der Waals surface area contributed by atoms with Crippen molar-refractivity contribution >= 4 is 133 Å². The number of phenolic OH excluding ortho intramolecular Hbond substituents is 1. The van der Waals surface area contributed by atoms with E-state index in [9.17, 15) is 90.1 Å². The van der Waals surface area contributed by atoms with Crippen LogP contribution in [-0.2, 0) is 40.9 Å². The van der Waals surface area contributed by atoms with Crippen molar-refractivity contribution in [2.75, 3.05) is 24.8 Å². The van der Waals surface area contributed by atoms with Gasteiger partial charge in [-0.1, -0.05) is 69.6 Å². The Balaban J connectivity index is 0.000000238. The zero-order valence-electron chi connectivity index (χ0n) is 41.2. The molecule has 0 amide bonds. The molecular weight excluding hydrogens is 1370 g/mol. The lowest BCUT2D eigenvalue weighted by atomic mass is 10.2. The Kier molecular flexibility index (Phi) is 21.5. The first kappa shape index (κ1) is 69.5. The van der Waals surface area contributed by atoms with Crippen molar-refractivity contribution in [2.24, 2.45) is 4.99 Å². The van der Waals surface area contributed by atoms with Gasteiger partial charge in [0.15, 0.2) is 46.1 Å². The van der Waals surface area contributed by atoms with Crippen LogP contribution in [-0.4, -0.2) is 79.9 Å². The van der Waals surface area contributed by atoms with Crippen molar-refractivity contribution in [3.8, 4) is 40.7 Å². The molecule has 0 saturated carbocycles. The molecule has 40 heteroatoms. The number of anilines is 2. The van der Waals surface area contributed by atoms with Gasteiger partial charge in [0.2, 0.25) is 15.5 Å². The number of hydrogen-bond donors (Lipinski definition) is 3. The highest BCUT2D eigenvalue weighted by atomic mass is 35.5. The van der Waals surface area contributed by atoms with Crippen LogP contribution in [0.5, 0.6) is 11.5 Å². The van der Waals surface area contributed by atoms with Gasteiger partial charge in [-0.2, -0.15) is 73.4 Å². The number of nitriles is 2. The Morgan fingerprint density at radius 2 is 1.06 bits per heavy atom. The molecular formula is C45H24Cl6F15N11O5S3. The molecule has 4 aromatic carbocycles. The number of ether oxygens (including phenoxy) is 1. The Labute approximate surface area is 505 Å². The summed E-state index contributed by atoms with van der Waals surface area (Å²) in [7, 11) is 1.27. The average Bonchev–Trinajstić information content (AvgIpc) is 2.02. The van der Waals surface area contributed by atoms with Crippen molar-refractivity contribution < 1.29 is 89.6 Å². The number of benzene rings is 4. The maximum atomic E-state index is 13.2. The number of thioether (sulfide) groups is 1. The molecule has 5 N–H and O–H groups in total. The first-order valence-electron chi connectivity index (χ1n) is 21.4. The smallest absolute Gasteiger partial charge is 0.578 e. The molecule has 0 fully saturated rings. The minimum Gasteiger partial charge on any atom is -0.611 e. The Morgan fingerprint density at radius 3 is 1.40 bits per heavy atom. The van der Waals surface area contributed by atoms with E-state index in [-0.39, 0.29) is 49.2 Å². The highest BCUT2D eigenvalue weighted by Crippen LogP contribution is 2.48. The number of nitrogen functional groups attached to an aromatic ring is 2. The summed E-state index contributed by atoms with van der Waals surface area (Å²) in [6.45, 7) is 1.19. The highest BCUT2D eigenvalue weighted by molar-refractivity contribution is 8.00. The Morgan fingerprint density at radius 1 is 0.671 bits per heavy atom. The van der Waals surface area contributed by atoms with Crippen molar-refractivity contribution in [1.82, 2.24) is 29.3 Å². The number of aromatic nitrogens is 6. The van der Waals surface area contributed by atoms with Crippen LogP contribution in [0.25, 0.3) is 17.1 Å². The van der Waals surface area contributed by atoms with Crippen molar-refractivity contribution in [1.29, 1.82) is 10.5 Å². The number of alkyl halides is 15. The van der Waals surface area contributed by atoms with Gasteiger partial charge in [-0.3, -0.25) is 4.79 Å². The van der Waals surface area contributed by atoms with Gasteiger partial charge in [0.25, 0.3) is 0 Å². The first-order valence-corrected chi connectivity index (χ1v) is 27.2. The molecule has 7 aromatic rings. The van der Waals surface area contributed by atoms with Crippen LogP contribution in [0.1, 0.15) is 51.1 Å². The molecule has 85 heavy (non-hydrogen) atoms. The zero-order valence-corrected chi connectivity index (χ0v) is 48.2. The number of methoxy groups -OCH3 is 1. The number of rotatable bonds is 10. The lowest BCUT2D eigenvalue weighted by Gasteiger charge is -2.14. The van der Waals surface area contributed by atoms with Crippen LogP contribution < -0.4 is 16.2 Å². The van der Waals surface area contributed by atoms with Gasteiger partial charge in [0.1, 0.15) is 46.6 Å². The molecule has 16 nitrogen and oxygen atoms in total. The summed E-state index contributed by atoms with van der Waals surface area (Å²) in [6.07, 6.45) is -11.9. The number of ketones is 1. The number of halogens is 21. The van der Waals surface area contributed by atoms with Crippen LogP contribution in [0, 0.1) is 22.7 Å². The van der Waals surface area contributed by atoms with Gasteiger partial charge in [-0.15, -0.1) is 18.3 Å². The van der Waals surface area contributed by atoms with Crippen LogP contribution in [0.2, 0.25) is 30.1 Å². The summed E-state index contributed by atoms with van der Waals surface area (Å²) in [5, 5.41) is 35.9. The van der Waals surface area contributed by atoms with E-state index in [0.717, 1.165) is 10.9 Å². The lowest BCUT2D eigenvalue weighted by molar-refractivity contribution is -0.138. The summed E-state index contributed by atoms with van der Waals surface area (Å²) >= 11 is 29.3. The number of phenols is 1. The van der Waals surface area contributed by atoms with Crippen molar-refractivity contribution in [2.45, 2.75) is 51.2 Å². The molecule has 0 aliphatic rings. The summed E-state index contributed by atoms with van der Waals surface area (Å²) in [5.41, 5.74) is -4.84. The van der Waals surface area contributed by atoms with Crippen LogP contribution in [0.4, 0.5) is 83.3 Å². The molecule has 0 radical (unpaired) electrons.